The first-order valence-corrected chi connectivity index (χ1v) is 6.64. The van der Waals surface area contributed by atoms with E-state index in [1.165, 1.54) is 0 Å². The molecule has 0 atom stereocenters. The predicted octanol–water partition coefficient (Wildman–Crippen LogP) is 0.572. The zero-order valence-corrected chi connectivity index (χ0v) is 12.0. The molecule has 0 aromatic carbocycles. The number of rotatable bonds is 5. The number of nitrogens with one attached hydrogen (secondary N) is 2. The summed E-state index contributed by atoms with van der Waals surface area (Å²) in [5, 5.41) is 19.0. The number of carboxylic acid groups (broad SMARTS) is 1. The molecule has 0 saturated heterocycles. The van der Waals surface area contributed by atoms with Gasteiger partial charge in [0, 0.05) is 7.05 Å². The van der Waals surface area contributed by atoms with Crippen LogP contribution in [0.5, 0.6) is 0 Å². The second kappa shape index (κ2) is 5.24. The number of carboxylic acids is 1. The van der Waals surface area contributed by atoms with Crippen LogP contribution in [0.2, 0.25) is 0 Å². The van der Waals surface area contributed by atoms with E-state index in [4.69, 9.17) is 0 Å². The fourth-order valence-corrected chi connectivity index (χ4v) is 2.38. The van der Waals surface area contributed by atoms with E-state index in [0.29, 0.717) is 18.5 Å². The van der Waals surface area contributed by atoms with Gasteiger partial charge in [0.25, 0.3) is 0 Å². The quantitative estimate of drug-likeness (QED) is 0.733. The molecule has 2 rings (SSSR count). The highest BCUT2D eigenvalue weighted by Gasteiger charge is 2.44. The maximum atomic E-state index is 11.9. The third kappa shape index (κ3) is 2.53. The van der Waals surface area contributed by atoms with Gasteiger partial charge in [-0.1, -0.05) is 0 Å². The molecule has 7 heteroatoms. The summed E-state index contributed by atoms with van der Waals surface area (Å²) in [6.07, 6.45) is 2.02. The minimum absolute atomic E-state index is 0.0138. The lowest BCUT2D eigenvalue weighted by Gasteiger charge is -2.38. The summed E-state index contributed by atoms with van der Waals surface area (Å²) in [6.45, 7) is 3.68. The molecule has 0 bridgehead atoms. The molecule has 1 aliphatic rings. The Morgan fingerprint density at radius 3 is 2.45 bits per heavy atom. The van der Waals surface area contributed by atoms with E-state index in [1.54, 1.807) is 4.68 Å². The third-order valence-electron chi connectivity index (χ3n) is 3.98. The number of aliphatic carboxylic acids is 1. The van der Waals surface area contributed by atoms with E-state index >= 15 is 0 Å². The molecule has 20 heavy (non-hydrogen) atoms. The zero-order chi connectivity index (χ0) is 14.9. The molecule has 110 valence electrons. The van der Waals surface area contributed by atoms with E-state index in [9.17, 15) is 14.7 Å². The minimum Gasteiger partial charge on any atom is -0.480 e. The largest absolute Gasteiger partial charge is 0.480 e. The summed E-state index contributed by atoms with van der Waals surface area (Å²) < 4.78 is 1.70. The Labute approximate surface area is 117 Å². The lowest BCUT2D eigenvalue weighted by Crippen LogP contribution is -2.58. The number of aryl methyl sites for hydroxylation is 2. The number of nitrogens with zero attached hydrogens (tertiary/aromatic N) is 2. The zero-order valence-electron chi connectivity index (χ0n) is 12.0. The predicted molar refractivity (Wildman–Crippen MR) is 73.5 cm³/mol. The molecule has 0 aliphatic heterocycles. The Kier molecular flexibility index (Phi) is 3.80. The molecule has 0 spiro atoms. The first-order valence-electron chi connectivity index (χ1n) is 6.64. The van der Waals surface area contributed by atoms with Crippen LogP contribution in [-0.4, -0.2) is 38.8 Å². The lowest BCUT2D eigenvalue weighted by atomic mass is 9.77. The molecule has 1 aromatic rings. The summed E-state index contributed by atoms with van der Waals surface area (Å²) in [6, 6.07) is 0. The second-order valence-corrected chi connectivity index (χ2v) is 5.31. The molecular formula is C13H20N4O3. The number of hydrogen-bond acceptors (Lipinski definition) is 4. The molecule has 7 nitrogen and oxygen atoms in total. The van der Waals surface area contributed by atoms with Crippen molar-refractivity contribution in [1.82, 2.24) is 15.1 Å². The molecule has 1 heterocycles. The van der Waals surface area contributed by atoms with Crippen LogP contribution in [0.1, 0.15) is 30.7 Å². The van der Waals surface area contributed by atoms with E-state index in [-0.39, 0.29) is 12.5 Å². The lowest BCUT2D eigenvalue weighted by molar-refractivity contribution is -0.148. The van der Waals surface area contributed by atoms with Crippen molar-refractivity contribution in [2.75, 3.05) is 11.9 Å². The van der Waals surface area contributed by atoms with Gasteiger partial charge in [-0.05, 0) is 33.1 Å². The summed E-state index contributed by atoms with van der Waals surface area (Å²) in [5.41, 5.74) is 1.38. The van der Waals surface area contributed by atoms with Crippen molar-refractivity contribution in [1.29, 1.82) is 0 Å². The normalized spacial score (nSPS) is 16.6. The van der Waals surface area contributed by atoms with Gasteiger partial charge in [0.05, 0.1) is 23.6 Å². The number of carbonyl (C=O) groups is 2. The van der Waals surface area contributed by atoms with Gasteiger partial charge in [-0.3, -0.25) is 19.6 Å². The van der Waals surface area contributed by atoms with E-state index in [0.717, 1.165) is 17.8 Å². The molecule has 1 fully saturated rings. The van der Waals surface area contributed by atoms with Crippen molar-refractivity contribution in [2.45, 2.75) is 38.6 Å². The molecule has 1 saturated carbocycles. The maximum Gasteiger partial charge on any atom is 0.323 e. The van der Waals surface area contributed by atoms with Gasteiger partial charge < -0.3 is 10.4 Å². The number of aromatic nitrogens is 2. The Bertz CT molecular complexity index is 546. The highest BCUT2D eigenvalue weighted by atomic mass is 16.4. The Balaban J connectivity index is 1.95. The molecular weight excluding hydrogens is 260 g/mol. The highest BCUT2D eigenvalue weighted by molar-refractivity contribution is 5.94. The molecule has 1 amide bonds. The van der Waals surface area contributed by atoms with Crippen molar-refractivity contribution in [2.24, 2.45) is 7.05 Å². The van der Waals surface area contributed by atoms with Crippen LogP contribution < -0.4 is 10.6 Å². The van der Waals surface area contributed by atoms with Gasteiger partial charge in [-0.15, -0.1) is 0 Å². The summed E-state index contributed by atoms with van der Waals surface area (Å²) in [4.78, 5) is 23.1. The summed E-state index contributed by atoms with van der Waals surface area (Å²) in [7, 11) is 1.81. The Hall–Kier alpha value is -1.89. The molecule has 0 radical (unpaired) electrons. The van der Waals surface area contributed by atoms with E-state index < -0.39 is 11.5 Å². The monoisotopic (exact) mass is 280 g/mol. The fourth-order valence-electron chi connectivity index (χ4n) is 2.38. The van der Waals surface area contributed by atoms with Crippen LogP contribution in [0.4, 0.5) is 5.69 Å². The van der Waals surface area contributed by atoms with Crippen LogP contribution >= 0.6 is 0 Å². The molecule has 1 aromatic heterocycles. The van der Waals surface area contributed by atoms with Gasteiger partial charge in [-0.25, -0.2) is 0 Å². The van der Waals surface area contributed by atoms with Gasteiger partial charge in [0.2, 0.25) is 5.91 Å². The highest BCUT2D eigenvalue weighted by Crippen LogP contribution is 2.31. The van der Waals surface area contributed by atoms with Crippen molar-refractivity contribution >= 4 is 17.6 Å². The smallest absolute Gasteiger partial charge is 0.323 e. The first-order chi connectivity index (χ1) is 9.35. The van der Waals surface area contributed by atoms with Crippen molar-refractivity contribution in [3.05, 3.63) is 11.4 Å². The average molecular weight is 280 g/mol. The van der Waals surface area contributed by atoms with Gasteiger partial charge in [0.1, 0.15) is 5.54 Å². The topological polar surface area (TPSA) is 96.3 Å². The Morgan fingerprint density at radius 1 is 1.40 bits per heavy atom. The fraction of sp³-hybridized carbons (Fsp3) is 0.615. The summed E-state index contributed by atoms with van der Waals surface area (Å²) >= 11 is 0. The van der Waals surface area contributed by atoms with Crippen LogP contribution in [0, 0.1) is 13.8 Å². The van der Waals surface area contributed by atoms with Crippen molar-refractivity contribution in [3.63, 3.8) is 0 Å². The van der Waals surface area contributed by atoms with Gasteiger partial charge in [-0.2, -0.15) is 5.10 Å². The number of anilines is 1. The number of hydrogen-bond donors (Lipinski definition) is 3. The van der Waals surface area contributed by atoms with E-state index in [2.05, 4.69) is 15.7 Å². The molecule has 3 N–H and O–H groups in total. The van der Waals surface area contributed by atoms with Gasteiger partial charge >= 0.3 is 5.97 Å². The van der Waals surface area contributed by atoms with Crippen LogP contribution in [0.25, 0.3) is 0 Å². The number of amides is 1. The molecule has 1 aliphatic carbocycles. The van der Waals surface area contributed by atoms with Crippen molar-refractivity contribution in [3.8, 4) is 0 Å². The average Bonchev–Trinajstić information content (AvgIpc) is 2.54. The van der Waals surface area contributed by atoms with Crippen LogP contribution in [-0.2, 0) is 16.6 Å². The first kappa shape index (κ1) is 14.5. The van der Waals surface area contributed by atoms with Crippen LogP contribution in [0.3, 0.4) is 0 Å². The van der Waals surface area contributed by atoms with Crippen molar-refractivity contribution < 1.29 is 14.7 Å². The summed E-state index contributed by atoms with van der Waals surface area (Å²) in [5.74, 6) is -1.14. The number of carbonyl (C=O) groups excluding carboxylic acids is 1. The van der Waals surface area contributed by atoms with Gasteiger partial charge in [0.15, 0.2) is 0 Å². The Morgan fingerprint density at radius 2 is 2.05 bits per heavy atom. The minimum atomic E-state index is -0.920. The molecule has 0 unspecified atom stereocenters. The standard InChI is InChI=1S/C13H20N4O3/c1-8-11(9(2)17(3)16-8)15-10(18)7-14-13(12(19)20)5-4-6-13/h14H,4-7H2,1-3H3,(H,15,18)(H,19,20). The van der Waals surface area contributed by atoms with E-state index in [1.807, 2.05) is 20.9 Å². The van der Waals surface area contributed by atoms with Crippen LogP contribution in [0.15, 0.2) is 0 Å². The second-order valence-electron chi connectivity index (χ2n) is 5.31. The maximum absolute atomic E-state index is 11.9. The third-order valence-corrected chi connectivity index (χ3v) is 3.98. The SMILES string of the molecule is Cc1nn(C)c(C)c1NC(=O)CNC1(C(=O)O)CCC1.